The Labute approximate surface area is 107 Å². The van der Waals surface area contributed by atoms with Crippen LogP contribution in [0.15, 0.2) is 32.0 Å². The second-order valence-electron chi connectivity index (χ2n) is 3.07. The Bertz CT molecular complexity index is 555. The summed E-state index contributed by atoms with van der Waals surface area (Å²) in [5, 5.41) is 3.42. The van der Waals surface area contributed by atoms with Gasteiger partial charge in [-0.15, -0.1) is 4.40 Å². The van der Waals surface area contributed by atoms with Crippen molar-refractivity contribution in [2.24, 2.45) is 4.40 Å². The summed E-state index contributed by atoms with van der Waals surface area (Å²) < 4.78 is 28.1. The number of halogens is 1. The first kappa shape index (κ1) is 11.9. The lowest BCUT2D eigenvalue weighted by Crippen LogP contribution is -2.18. The van der Waals surface area contributed by atoms with Crippen LogP contribution in [0.1, 0.15) is 6.92 Å². The molecule has 1 aromatic carbocycles. The second-order valence-corrected chi connectivity index (χ2v) is 6.81. The Kier molecular flexibility index (Phi) is 3.27. The van der Waals surface area contributed by atoms with E-state index in [1.165, 1.54) is 11.8 Å². The predicted octanol–water partition coefficient (Wildman–Crippen LogP) is 2.67. The van der Waals surface area contributed by atoms with Gasteiger partial charge in [-0.3, -0.25) is 0 Å². The molecular weight excluding hydrogens is 312 g/mol. The Morgan fingerprint density at radius 1 is 1.50 bits per heavy atom. The Balaban J connectivity index is 2.53. The topological polar surface area (TPSA) is 58.5 Å². The molecule has 0 saturated heterocycles. The van der Waals surface area contributed by atoms with Crippen LogP contribution in [-0.2, 0) is 10.0 Å². The molecule has 2 rings (SSSR count). The zero-order valence-corrected chi connectivity index (χ0v) is 11.6. The number of hydrogen-bond acceptors (Lipinski definition) is 4. The molecule has 0 fully saturated rings. The minimum Gasteiger partial charge on any atom is -0.333 e. The average molecular weight is 321 g/mol. The summed E-state index contributed by atoms with van der Waals surface area (Å²) in [7, 11) is -3.56. The number of anilines is 1. The van der Waals surface area contributed by atoms with Crippen molar-refractivity contribution in [3.8, 4) is 0 Å². The highest BCUT2D eigenvalue weighted by atomic mass is 79.9. The van der Waals surface area contributed by atoms with E-state index < -0.39 is 10.0 Å². The molecule has 4 nitrogen and oxygen atoms in total. The van der Waals surface area contributed by atoms with Crippen LogP contribution in [-0.4, -0.2) is 19.3 Å². The zero-order chi connectivity index (χ0) is 11.8. The summed E-state index contributed by atoms with van der Waals surface area (Å²) in [5.74, 6) is 0.771. The first-order valence-corrected chi connectivity index (χ1v) is 7.79. The molecule has 0 bridgehead atoms. The lowest BCUT2D eigenvalue weighted by molar-refractivity contribution is 0.598. The van der Waals surface area contributed by atoms with Crippen molar-refractivity contribution < 1.29 is 8.42 Å². The SMILES string of the molecule is CCSC1=NS(=O)(=O)c2cc(Br)ccc2N1. The van der Waals surface area contributed by atoms with Crippen molar-refractivity contribution in [2.45, 2.75) is 11.8 Å². The fourth-order valence-electron chi connectivity index (χ4n) is 1.31. The Morgan fingerprint density at radius 3 is 2.94 bits per heavy atom. The van der Waals surface area contributed by atoms with Crippen molar-refractivity contribution in [3.05, 3.63) is 22.7 Å². The van der Waals surface area contributed by atoms with Crippen molar-refractivity contribution >= 4 is 48.6 Å². The van der Waals surface area contributed by atoms with Crippen LogP contribution in [0, 0.1) is 0 Å². The first-order valence-electron chi connectivity index (χ1n) is 4.57. The number of benzene rings is 1. The Morgan fingerprint density at radius 2 is 2.25 bits per heavy atom. The van der Waals surface area contributed by atoms with Crippen molar-refractivity contribution in [3.63, 3.8) is 0 Å². The molecule has 0 aliphatic carbocycles. The Hall–Kier alpha value is -0.530. The fourth-order valence-corrected chi connectivity index (χ4v) is 3.82. The van der Waals surface area contributed by atoms with Gasteiger partial charge in [-0.05, 0) is 24.0 Å². The minimum atomic E-state index is -3.56. The predicted molar refractivity (Wildman–Crippen MR) is 70.5 cm³/mol. The van der Waals surface area contributed by atoms with Crippen LogP contribution in [0.2, 0.25) is 0 Å². The summed E-state index contributed by atoms with van der Waals surface area (Å²) in [6.07, 6.45) is 0. The number of thioether (sulfide) groups is 1. The summed E-state index contributed by atoms with van der Waals surface area (Å²) in [6, 6.07) is 5.07. The summed E-state index contributed by atoms with van der Waals surface area (Å²) in [6.45, 7) is 1.94. The van der Waals surface area contributed by atoms with Crippen molar-refractivity contribution in [1.29, 1.82) is 0 Å². The first-order chi connectivity index (χ1) is 7.53. The quantitative estimate of drug-likeness (QED) is 0.864. The molecule has 1 aromatic rings. The van der Waals surface area contributed by atoms with Crippen LogP contribution in [0.5, 0.6) is 0 Å². The van der Waals surface area contributed by atoms with Gasteiger partial charge >= 0.3 is 0 Å². The monoisotopic (exact) mass is 320 g/mol. The fraction of sp³-hybridized carbons (Fsp3) is 0.222. The molecule has 0 atom stereocenters. The maximum absolute atomic E-state index is 11.8. The van der Waals surface area contributed by atoms with Crippen molar-refractivity contribution in [1.82, 2.24) is 0 Å². The van der Waals surface area contributed by atoms with E-state index in [0.29, 0.717) is 10.9 Å². The standard InChI is InChI=1S/C9H9BrN2O2S2/c1-2-15-9-11-7-4-3-6(10)5-8(7)16(13,14)12-9/h3-5H,2H2,1H3,(H,11,12). The van der Waals surface area contributed by atoms with E-state index in [9.17, 15) is 8.42 Å². The smallest absolute Gasteiger partial charge is 0.286 e. The summed E-state index contributed by atoms with van der Waals surface area (Å²) in [5.41, 5.74) is 0.578. The molecule has 86 valence electrons. The van der Waals surface area contributed by atoms with Gasteiger partial charge in [-0.25, -0.2) is 0 Å². The number of rotatable bonds is 1. The van der Waals surface area contributed by atoms with Crippen LogP contribution >= 0.6 is 27.7 Å². The molecular formula is C9H9BrN2O2S2. The van der Waals surface area contributed by atoms with Gasteiger partial charge in [0.05, 0.1) is 5.69 Å². The van der Waals surface area contributed by atoms with E-state index in [0.717, 1.165) is 10.2 Å². The summed E-state index contributed by atoms with van der Waals surface area (Å²) in [4.78, 5) is 0.210. The van der Waals surface area contributed by atoms with Crippen molar-refractivity contribution in [2.75, 3.05) is 11.1 Å². The van der Waals surface area contributed by atoms with Gasteiger partial charge in [0.15, 0.2) is 5.17 Å². The van der Waals surface area contributed by atoms with Crippen LogP contribution in [0.4, 0.5) is 5.69 Å². The lowest BCUT2D eigenvalue weighted by atomic mass is 10.3. The van der Waals surface area contributed by atoms with E-state index in [1.807, 2.05) is 6.92 Å². The van der Waals surface area contributed by atoms with E-state index in [1.54, 1.807) is 18.2 Å². The van der Waals surface area contributed by atoms with Crippen LogP contribution in [0.25, 0.3) is 0 Å². The molecule has 7 heteroatoms. The van der Waals surface area contributed by atoms with E-state index >= 15 is 0 Å². The molecule has 1 N–H and O–H groups in total. The van der Waals surface area contributed by atoms with Crippen LogP contribution in [0.3, 0.4) is 0 Å². The van der Waals surface area contributed by atoms with E-state index in [4.69, 9.17) is 0 Å². The number of hydrogen-bond donors (Lipinski definition) is 1. The van der Waals surface area contributed by atoms with Gasteiger partial charge < -0.3 is 5.32 Å². The molecule has 1 aliphatic rings. The van der Waals surface area contributed by atoms with Gasteiger partial charge in [-0.2, -0.15) is 8.42 Å². The lowest BCUT2D eigenvalue weighted by Gasteiger charge is -2.17. The number of nitrogens with one attached hydrogen (secondary N) is 1. The molecule has 0 unspecified atom stereocenters. The average Bonchev–Trinajstić information content (AvgIpc) is 2.19. The molecule has 1 aliphatic heterocycles. The molecule has 0 radical (unpaired) electrons. The molecule has 0 saturated carbocycles. The second kappa shape index (κ2) is 4.38. The number of amidine groups is 1. The molecule has 0 aromatic heterocycles. The normalized spacial score (nSPS) is 17.2. The molecule has 1 heterocycles. The zero-order valence-electron chi connectivity index (χ0n) is 8.40. The van der Waals surface area contributed by atoms with Crippen LogP contribution < -0.4 is 5.32 Å². The van der Waals surface area contributed by atoms with Gasteiger partial charge in [0.1, 0.15) is 4.90 Å². The molecule has 0 spiro atoms. The highest BCUT2D eigenvalue weighted by Gasteiger charge is 2.24. The third kappa shape index (κ3) is 2.26. The molecule has 0 amide bonds. The number of fused-ring (bicyclic) bond motifs is 1. The maximum atomic E-state index is 11.8. The third-order valence-corrected chi connectivity index (χ3v) is 4.63. The highest BCUT2D eigenvalue weighted by molar-refractivity contribution is 9.10. The minimum absolute atomic E-state index is 0.210. The third-order valence-electron chi connectivity index (χ3n) is 1.95. The van der Waals surface area contributed by atoms with Gasteiger partial charge in [-0.1, -0.05) is 34.6 Å². The number of nitrogens with zero attached hydrogens (tertiary/aromatic N) is 1. The largest absolute Gasteiger partial charge is 0.333 e. The summed E-state index contributed by atoms with van der Waals surface area (Å²) >= 11 is 4.61. The van der Waals surface area contributed by atoms with Gasteiger partial charge in [0.2, 0.25) is 0 Å². The number of sulfonamides is 1. The van der Waals surface area contributed by atoms with E-state index in [2.05, 4.69) is 25.6 Å². The highest BCUT2D eigenvalue weighted by Crippen LogP contribution is 2.31. The van der Waals surface area contributed by atoms with E-state index in [-0.39, 0.29) is 4.90 Å². The molecule has 16 heavy (non-hydrogen) atoms. The maximum Gasteiger partial charge on any atom is 0.286 e. The van der Waals surface area contributed by atoms with Gasteiger partial charge in [0.25, 0.3) is 10.0 Å². The van der Waals surface area contributed by atoms with Gasteiger partial charge in [0, 0.05) is 4.47 Å².